The van der Waals surface area contributed by atoms with Crippen LogP contribution in [0.3, 0.4) is 0 Å². The number of carbonyl (C=O) groups is 1. The second-order valence-corrected chi connectivity index (χ2v) is 8.81. The van der Waals surface area contributed by atoms with Crippen LogP contribution in [0.4, 0.5) is 5.95 Å². The van der Waals surface area contributed by atoms with Crippen molar-refractivity contribution < 1.29 is 15.0 Å². The van der Waals surface area contributed by atoms with E-state index < -0.39 is 17.5 Å². The van der Waals surface area contributed by atoms with Crippen LogP contribution in [0.1, 0.15) is 36.2 Å². The topological polar surface area (TPSA) is 177 Å². The van der Waals surface area contributed by atoms with Gasteiger partial charge in [0.2, 0.25) is 5.95 Å². The maximum Gasteiger partial charge on any atom is 0.306 e. The normalized spacial score (nSPS) is 19.2. The molecule has 0 spiro atoms. The first kappa shape index (κ1) is 23.1. The summed E-state index contributed by atoms with van der Waals surface area (Å²) in [5, 5.41) is 37.8. The molecule has 11 heteroatoms. The number of anilines is 1. The van der Waals surface area contributed by atoms with Crippen molar-refractivity contribution in [2.45, 2.75) is 31.4 Å². The zero-order valence-electron chi connectivity index (χ0n) is 19.1. The fraction of sp³-hybridized carbons (Fsp3) is 0.240. The number of nitrogens with two attached hydrogens (primary N) is 1. The molecule has 0 aliphatic heterocycles. The number of rotatable bonds is 6. The van der Waals surface area contributed by atoms with E-state index in [9.17, 15) is 20.3 Å². The molecule has 0 radical (unpaired) electrons. The lowest BCUT2D eigenvalue weighted by Crippen LogP contribution is -2.25. The van der Waals surface area contributed by atoms with Crippen LogP contribution >= 0.6 is 0 Å². The Kier molecular flexibility index (Phi) is 5.87. The highest BCUT2D eigenvalue weighted by Crippen LogP contribution is 2.41. The van der Waals surface area contributed by atoms with Gasteiger partial charge < -0.3 is 15.9 Å². The molecule has 1 aliphatic rings. The summed E-state index contributed by atoms with van der Waals surface area (Å²) in [7, 11) is 0. The van der Waals surface area contributed by atoms with Crippen LogP contribution in [0.2, 0.25) is 0 Å². The minimum Gasteiger partial charge on any atom is -0.481 e. The van der Waals surface area contributed by atoms with E-state index in [1.807, 2.05) is 6.07 Å². The minimum atomic E-state index is -1.26. The van der Waals surface area contributed by atoms with Gasteiger partial charge in [-0.2, -0.15) is 5.26 Å². The molecular weight excluding hydrogens is 460 g/mol. The molecule has 11 nitrogen and oxygen atoms in total. The number of hydrogen-bond donors (Lipinski definition) is 3. The first-order chi connectivity index (χ1) is 17.3. The standard InChI is InChI=1S/C25H22N8O3/c26-12-15-3-1-4-16(9-15)19-10-20(30-24(27)29-19)21-14-33(32-31-21)13-18-5-2-6-22(28-18)25(36)8-7-17(11-25)23(34)35/h1-6,9-10,14,17,36H,7-8,11,13H2,(H,34,35)(H2,27,29,30). The van der Waals surface area contributed by atoms with Crippen LogP contribution in [0.25, 0.3) is 22.6 Å². The average Bonchev–Trinajstić information content (AvgIpc) is 3.52. The molecule has 0 saturated heterocycles. The Bertz CT molecular complexity index is 1490. The lowest BCUT2D eigenvalue weighted by atomic mass is 9.95. The Labute approximate surface area is 205 Å². The molecule has 1 aromatic carbocycles. The van der Waals surface area contributed by atoms with Crippen LogP contribution in [0.5, 0.6) is 0 Å². The maximum absolute atomic E-state index is 11.3. The molecule has 5 rings (SSSR count). The zero-order chi connectivity index (χ0) is 25.3. The van der Waals surface area contributed by atoms with Crippen molar-refractivity contribution in [3.8, 4) is 28.7 Å². The first-order valence-electron chi connectivity index (χ1n) is 11.3. The van der Waals surface area contributed by atoms with E-state index in [0.717, 1.165) is 5.56 Å². The van der Waals surface area contributed by atoms with Crippen molar-refractivity contribution in [3.63, 3.8) is 0 Å². The van der Waals surface area contributed by atoms with Crippen LogP contribution in [-0.2, 0) is 16.9 Å². The number of aromatic nitrogens is 6. The number of carboxylic acid groups (broad SMARTS) is 1. The predicted octanol–water partition coefficient (Wildman–Crippen LogP) is 2.37. The fourth-order valence-corrected chi connectivity index (χ4v) is 4.45. The summed E-state index contributed by atoms with van der Waals surface area (Å²) < 4.78 is 1.59. The van der Waals surface area contributed by atoms with Crippen LogP contribution in [0, 0.1) is 17.2 Å². The van der Waals surface area contributed by atoms with Gasteiger partial charge in [-0.25, -0.2) is 14.6 Å². The molecule has 1 fully saturated rings. The molecular formula is C25H22N8O3. The van der Waals surface area contributed by atoms with Gasteiger partial charge in [-0.3, -0.25) is 9.78 Å². The third-order valence-corrected chi connectivity index (χ3v) is 6.28. The largest absolute Gasteiger partial charge is 0.481 e. The van der Waals surface area contributed by atoms with E-state index >= 15 is 0 Å². The lowest BCUT2D eigenvalue weighted by Gasteiger charge is -2.22. The van der Waals surface area contributed by atoms with Crippen LogP contribution < -0.4 is 5.73 Å². The Morgan fingerprint density at radius 3 is 2.72 bits per heavy atom. The molecule has 0 amide bonds. The van der Waals surface area contributed by atoms with Gasteiger partial charge in [-0.15, -0.1) is 5.10 Å². The molecule has 4 N–H and O–H groups in total. The molecule has 2 atom stereocenters. The third kappa shape index (κ3) is 4.62. The van der Waals surface area contributed by atoms with Gasteiger partial charge in [-0.05, 0) is 49.6 Å². The molecule has 1 saturated carbocycles. The third-order valence-electron chi connectivity index (χ3n) is 6.28. The van der Waals surface area contributed by atoms with Crippen molar-refractivity contribution in [2.75, 3.05) is 5.73 Å². The monoisotopic (exact) mass is 482 g/mol. The number of nitriles is 1. The van der Waals surface area contributed by atoms with Gasteiger partial charge in [0.15, 0.2) is 0 Å². The van der Waals surface area contributed by atoms with E-state index in [1.54, 1.807) is 53.3 Å². The number of nitrogens with zero attached hydrogens (tertiary/aromatic N) is 7. The minimum absolute atomic E-state index is 0.0678. The van der Waals surface area contributed by atoms with Gasteiger partial charge in [0.1, 0.15) is 11.3 Å². The second-order valence-electron chi connectivity index (χ2n) is 8.81. The lowest BCUT2D eigenvalue weighted by molar-refractivity contribution is -0.142. The smallest absolute Gasteiger partial charge is 0.306 e. The maximum atomic E-state index is 11.3. The van der Waals surface area contributed by atoms with Gasteiger partial charge in [0.05, 0.1) is 53.1 Å². The highest BCUT2D eigenvalue weighted by atomic mass is 16.4. The van der Waals surface area contributed by atoms with Crippen molar-refractivity contribution in [1.82, 2.24) is 29.9 Å². The average molecular weight is 483 g/mol. The zero-order valence-corrected chi connectivity index (χ0v) is 19.1. The summed E-state index contributed by atoms with van der Waals surface area (Å²) in [4.78, 5) is 24.5. The van der Waals surface area contributed by atoms with Crippen molar-refractivity contribution in [1.29, 1.82) is 5.26 Å². The Hall–Kier alpha value is -4.69. The predicted molar refractivity (Wildman–Crippen MR) is 128 cm³/mol. The molecule has 36 heavy (non-hydrogen) atoms. The molecule has 180 valence electrons. The number of carboxylic acids is 1. The highest BCUT2D eigenvalue weighted by molar-refractivity contribution is 5.70. The summed E-state index contributed by atoms with van der Waals surface area (Å²) in [6, 6.07) is 16.2. The van der Waals surface area contributed by atoms with Gasteiger partial charge in [-0.1, -0.05) is 23.4 Å². The Morgan fingerprint density at radius 1 is 1.14 bits per heavy atom. The van der Waals surface area contributed by atoms with Crippen molar-refractivity contribution in [2.24, 2.45) is 5.92 Å². The van der Waals surface area contributed by atoms with Gasteiger partial charge >= 0.3 is 5.97 Å². The number of nitrogen functional groups attached to an aromatic ring is 1. The van der Waals surface area contributed by atoms with E-state index in [2.05, 4.69) is 31.3 Å². The summed E-state index contributed by atoms with van der Waals surface area (Å²) in [5.41, 5.74) is 8.54. The van der Waals surface area contributed by atoms with Crippen molar-refractivity contribution >= 4 is 11.9 Å². The summed E-state index contributed by atoms with van der Waals surface area (Å²) in [6.07, 6.45) is 2.61. The van der Waals surface area contributed by atoms with Crippen LogP contribution in [-0.4, -0.2) is 46.1 Å². The molecule has 0 bridgehead atoms. The van der Waals surface area contributed by atoms with Gasteiger partial charge in [0.25, 0.3) is 0 Å². The first-order valence-corrected chi connectivity index (χ1v) is 11.3. The van der Waals surface area contributed by atoms with Gasteiger partial charge in [0, 0.05) is 5.56 Å². The Balaban J connectivity index is 1.37. The van der Waals surface area contributed by atoms with E-state index in [4.69, 9.17) is 5.73 Å². The summed E-state index contributed by atoms with van der Waals surface area (Å²) in [6.45, 7) is 0.289. The van der Waals surface area contributed by atoms with E-state index in [0.29, 0.717) is 46.9 Å². The molecule has 2 unspecified atom stereocenters. The molecule has 1 aliphatic carbocycles. The molecule has 3 heterocycles. The van der Waals surface area contributed by atoms with Crippen LogP contribution in [0.15, 0.2) is 54.7 Å². The van der Waals surface area contributed by atoms with E-state index in [-0.39, 0.29) is 18.9 Å². The number of benzene rings is 1. The summed E-state index contributed by atoms with van der Waals surface area (Å²) in [5.74, 6) is -1.41. The second kappa shape index (κ2) is 9.16. The number of pyridine rings is 1. The SMILES string of the molecule is N#Cc1cccc(-c2cc(-c3cn(Cc4cccc(C5(O)CCC(C(=O)O)C5)n4)nn3)nc(N)n2)c1. The number of hydrogen-bond acceptors (Lipinski definition) is 9. The molecule has 3 aromatic heterocycles. The quantitative estimate of drug-likeness (QED) is 0.369. The van der Waals surface area contributed by atoms with E-state index in [1.165, 1.54) is 0 Å². The summed E-state index contributed by atoms with van der Waals surface area (Å²) >= 11 is 0. The fourth-order valence-electron chi connectivity index (χ4n) is 4.45. The highest BCUT2D eigenvalue weighted by Gasteiger charge is 2.42. The van der Waals surface area contributed by atoms with Crippen molar-refractivity contribution in [3.05, 3.63) is 71.7 Å². The molecule has 4 aromatic rings. The number of aliphatic hydroxyl groups is 1. The number of aliphatic carboxylic acids is 1. The Morgan fingerprint density at radius 2 is 1.94 bits per heavy atom.